The minimum Gasteiger partial charge on any atom is -0.374 e. The summed E-state index contributed by atoms with van der Waals surface area (Å²) in [7, 11) is 1.63. The zero-order valence-corrected chi connectivity index (χ0v) is 18.3. The van der Waals surface area contributed by atoms with Gasteiger partial charge in [-0.1, -0.05) is 91.0 Å². The number of benzene rings is 3. The molecular weight excluding hydrogens is 404 g/mol. The monoisotopic (exact) mass is 434 g/mol. The molecule has 1 heterocycles. The minimum absolute atomic E-state index is 0.298. The maximum Gasteiger partial charge on any atom is 0.186 e. The van der Waals surface area contributed by atoms with Crippen molar-refractivity contribution in [1.82, 2.24) is 0 Å². The minimum atomic E-state index is -0.523. The summed E-state index contributed by atoms with van der Waals surface area (Å²) >= 11 is 0. The van der Waals surface area contributed by atoms with Gasteiger partial charge in [-0.05, 0) is 16.7 Å². The molecule has 0 N–H and O–H groups in total. The van der Waals surface area contributed by atoms with Crippen molar-refractivity contribution < 1.29 is 23.7 Å². The van der Waals surface area contributed by atoms with Crippen molar-refractivity contribution in [2.45, 2.75) is 44.4 Å². The molecule has 1 saturated heterocycles. The van der Waals surface area contributed by atoms with Gasteiger partial charge in [0.1, 0.15) is 18.3 Å². The number of ether oxygens (including phenoxy) is 5. The van der Waals surface area contributed by atoms with E-state index in [-0.39, 0.29) is 18.3 Å². The second kappa shape index (κ2) is 11.9. The zero-order valence-electron chi connectivity index (χ0n) is 18.3. The van der Waals surface area contributed by atoms with Crippen molar-refractivity contribution in [3.63, 3.8) is 0 Å². The lowest BCUT2D eigenvalue weighted by molar-refractivity contribution is -0.170. The van der Waals surface area contributed by atoms with Gasteiger partial charge in [-0.2, -0.15) is 0 Å². The van der Waals surface area contributed by atoms with Gasteiger partial charge in [-0.3, -0.25) is 0 Å². The van der Waals surface area contributed by atoms with E-state index in [0.29, 0.717) is 26.4 Å². The summed E-state index contributed by atoms with van der Waals surface area (Å²) in [5, 5.41) is 0. The molecule has 1 fully saturated rings. The molecular formula is C27H30O5. The van der Waals surface area contributed by atoms with Gasteiger partial charge in [0.15, 0.2) is 6.29 Å². The SMILES string of the molecule is CO[C@H]1O[C@@H](COCc2ccccc2)[C@@H](OCc2ccccc2)[C@@H]1OCc1ccccc1. The molecule has 1 aliphatic heterocycles. The van der Waals surface area contributed by atoms with Crippen LogP contribution in [0.25, 0.3) is 0 Å². The first kappa shape index (κ1) is 22.6. The lowest BCUT2D eigenvalue weighted by Crippen LogP contribution is -2.39. The maximum absolute atomic E-state index is 6.33. The Hall–Kier alpha value is -2.54. The molecule has 0 radical (unpaired) electrons. The normalized spacial score (nSPS) is 22.8. The van der Waals surface area contributed by atoms with Crippen LogP contribution >= 0.6 is 0 Å². The molecule has 0 unspecified atom stereocenters. The Morgan fingerprint density at radius 3 is 1.59 bits per heavy atom. The Morgan fingerprint density at radius 1 is 0.625 bits per heavy atom. The van der Waals surface area contributed by atoms with Crippen LogP contribution in [-0.4, -0.2) is 38.3 Å². The second-order valence-corrected chi connectivity index (χ2v) is 7.80. The number of rotatable bonds is 11. The van der Waals surface area contributed by atoms with Gasteiger partial charge in [-0.25, -0.2) is 0 Å². The average Bonchev–Trinajstić information content (AvgIpc) is 3.19. The van der Waals surface area contributed by atoms with E-state index in [2.05, 4.69) is 0 Å². The summed E-state index contributed by atoms with van der Waals surface area (Å²) in [6, 6.07) is 30.3. The standard InChI is InChI=1S/C27H30O5/c1-28-27-26(31-19-23-15-9-4-10-16-23)25(30-18-22-13-7-3-8-14-22)24(32-27)20-29-17-21-11-5-2-6-12-21/h2-16,24-27H,17-20H2,1H3/t24-,25+,26-,27-/m0/s1. The molecule has 0 amide bonds. The van der Waals surface area contributed by atoms with Crippen LogP contribution in [0.2, 0.25) is 0 Å². The third-order valence-corrected chi connectivity index (χ3v) is 5.46. The molecule has 5 heteroatoms. The summed E-state index contributed by atoms with van der Waals surface area (Å²) in [6.07, 6.45) is -1.51. The lowest BCUT2D eigenvalue weighted by atomic mass is 10.1. The Balaban J connectivity index is 1.42. The summed E-state index contributed by atoms with van der Waals surface area (Å²) in [4.78, 5) is 0. The van der Waals surface area contributed by atoms with Crippen molar-refractivity contribution in [1.29, 1.82) is 0 Å². The molecule has 0 saturated carbocycles. The molecule has 0 aliphatic carbocycles. The largest absolute Gasteiger partial charge is 0.374 e. The highest BCUT2D eigenvalue weighted by molar-refractivity contribution is 5.15. The molecule has 4 rings (SSSR count). The molecule has 3 aromatic carbocycles. The third kappa shape index (κ3) is 6.25. The molecule has 32 heavy (non-hydrogen) atoms. The van der Waals surface area contributed by atoms with Crippen LogP contribution in [0.3, 0.4) is 0 Å². The zero-order chi connectivity index (χ0) is 22.0. The summed E-state index contributed by atoms with van der Waals surface area (Å²) in [5.74, 6) is 0. The molecule has 168 valence electrons. The Kier molecular flexibility index (Phi) is 8.42. The Bertz CT molecular complexity index is 903. The van der Waals surface area contributed by atoms with Crippen LogP contribution in [0.15, 0.2) is 91.0 Å². The number of hydrogen-bond donors (Lipinski definition) is 0. The second-order valence-electron chi connectivity index (χ2n) is 7.80. The lowest BCUT2D eigenvalue weighted by Gasteiger charge is -2.24. The molecule has 3 aromatic rings. The fraction of sp³-hybridized carbons (Fsp3) is 0.333. The molecule has 0 aromatic heterocycles. The van der Waals surface area contributed by atoms with Gasteiger partial charge >= 0.3 is 0 Å². The van der Waals surface area contributed by atoms with E-state index >= 15 is 0 Å². The molecule has 5 nitrogen and oxygen atoms in total. The van der Waals surface area contributed by atoms with E-state index in [9.17, 15) is 0 Å². The van der Waals surface area contributed by atoms with Crippen LogP contribution in [0.5, 0.6) is 0 Å². The van der Waals surface area contributed by atoms with Crippen LogP contribution in [0, 0.1) is 0 Å². The molecule has 0 bridgehead atoms. The van der Waals surface area contributed by atoms with Crippen LogP contribution < -0.4 is 0 Å². The Morgan fingerprint density at radius 2 is 1.09 bits per heavy atom. The summed E-state index contributed by atoms with van der Waals surface area (Å²) in [6.45, 7) is 1.82. The number of methoxy groups -OCH3 is 1. The third-order valence-electron chi connectivity index (χ3n) is 5.46. The first-order valence-corrected chi connectivity index (χ1v) is 10.9. The van der Waals surface area contributed by atoms with Crippen molar-refractivity contribution >= 4 is 0 Å². The molecule has 1 aliphatic rings. The first-order valence-electron chi connectivity index (χ1n) is 10.9. The maximum atomic E-state index is 6.33. The van der Waals surface area contributed by atoms with E-state index in [4.69, 9.17) is 23.7 Å². The van der Waals surface area contributed by atoms with Gasteiger partial charge in [0, 0.05) is 7.11 Å². The molecule has 4 atom stereocenters. The predicted molar refractivity (Wildman–Crippen MR) is 122 cm³/mol. The van der Waals surface area contributed by atoms with E-state index in [1.807, 2.05) is 91.0 Å². The van der Waals surface area contributed by atoms with Crippen molar-refractivity contribution in [2.75, 3.05) is 13.7 Å². The van der Waals surface area contributed by atoms with Gasteiger partial charge in [0.2, 0.25) is 0 Å². The van der Waals surface area contributed by atoms with Crippen molar-refractivity contribution in [3.8, 4) is 0 Å². The van der Waals surface area contributed by atoms with Gasteiger partial charge in [0.05, 0.1) is 26.4 Å². The fourth-order valence-electron chi connectivity index (χ4n) is 3.79. The van der Waals surface area contributed by atoms with Gasteiger partial charge in [0.25, 0.3) is 0 Å². The van der Waals surface area contributed by atoms with Crippen molar-refractivity contribution in [2.24, 2.45) is 0 Å². The fourth-order valence-corrected chi connectivity index (χ4v) is 3.79. The highest BCUT2D eigenvalue weighted by Gasteiger charge is 2.46. The first-order chi connectivity index (χ1) is 15.8. The quantitative estimate of drug-likeness (QED) is 0.436. The smallest absolute Gasteiger partial charge is 0.186 e. The van der Waals surface area contributed by atoms with E-state index in [1.165, 1.54) is 0 Å². The van der Waals surface area contributed by atoms with E-state index in [1.54, 1.807) is 7.11 Å². The van der Waals surface area contributed by atoms with Crippen LogP contribution in [-0.2, 0) is 43.5 Å². The van der Waals surface area contributed by atoms with Crippen molar-refractivity contribution in [3.05, 3.63) is 108 Å². The molecule has 0 spiro atoms. The van der Waals surface area contributed by atoms with Gasteiger partial charge < -0.3 is 23.7 Å². The highest BCUT2D eigenvalue weighted by Crippen LogP contribution is 2.29. The topological polar surface area (TPSA) is 46.2 Å². The summed E-state index contributed by atoms with van der Waals surface area (Å²) in [5.41, 5.74) is 3.31. The number of hydrogen-bond acceptors (Lipinski definition) is 5. The van der Waals surface area contributed by atoms with Gasteiger partial charge in [-0.15, -0.1) is 0 Å². The highest BCUT2D eigenvalue weighted by atomic mass is 16.7. The van der Waals surface area contributed by atoms with E-state index in [0.717, 1.165) is 16.7 Å². The van der Waals surface area contributed by atoms with E-state index < -0.39 is 6.29 Å². The van der Waals surface area contributed by atoms with Crippen LogP contribution in [0.1, 0.15) is 16.7 Å². The predicted octanol–water partition coefficient (Wildman–Crippen LogP) is 4.75. The Labute approximate surface area is 189 Å². The van der Waals surface area contributed by atoms with Crippen LogP contribution in [0.4, 0.5) is 0 Å². The summed E-state index contributed by atoms with van der Waals surface area (Å²) < 4.78 is 30.3. The average molecular weight is 435 g/mol.